The van der Waals surface area contributed by atoms with Crippen molar-refractivity contribution in [1.82, 2.24) is 5.32 Å². The second kappa shape index (κ2) is 6.02. The van der Waals surface area contributed by atoms with Crippen molar-refractivity contribution in [2.24, 2.45) is 11.8 Å². The summed E-state index contributed by atoms with van der Waals surface area (Å²) in [6, 6.07) is 0. The van der Waals surface area contributed by atoms with Gasteiger partial charge in [-0.2, -0.15) is 0 Å². The standard InChI is InChI=1S/C11H21NO2/c1-2-11(14)12-7-9-5-3-4-6-10(9)8-13/h9-10,13H,2-8H2,1H3,(H,12,14). The molecule has 2 N–H and O–H groups in total. The number of carbonyl (C=O) groups excluding carboxylic acids is 1. The summed E-state index contributed by atoms with van der Waals surface area (Å²) in [5.74, 6) is 1.01. The fourth-order valence-electron chi connectivity index (χ4n) is 2.16. The molecular weight excluding hydrogens is 178 g/mol. The molecule has 82 valence electrons. The van der Waals surface area contributed by atoms with Crippen molar-refractivity contribution in [2.75, 3.05) is 13.2 Å². The van der Waals surface area contributed by atoms with E-state index in [-0.39, 0.29) is 12.5 Å². The topological polar surface area (TPSA) is 49.3 Å². The zero-order valence-corrected chi connectivity index (χ0v) is 8.96. The van der Waals surface area contributed by atoms with E-state index in [4.69, 9.17) is 0 Å². The molecule has 3 nitrogen and oxygen atoms in total. The van der Waals surface area contributed by atoms with E-state index in [2.05, 4.69) is 5.32 Å². The van der Waals surface area contributed by atoms with Gasteiger partial charge in [0.2, 0.25) is 5.91 Å². The van der Waals surface area contributed by atoms with Gasteiger partial charge < -0.3 is 10.4 Å². The minimum Gasteiger partial charge on any atom is -0.396 e. The van der Waals surface area contributed by atoms with Crippen LogP contribution in [0.4, 0.5) is 0 Å². The number of hydrogen-bond donors (Lipinski definition) is 2. The first-order valence-electron chi connectivity index (χ1n) is 5.65. The maximum atomic E-state index is 11.1. The van der Waals surface area contributed by atoms with Crippen molar-refractivity contribution in [3.05, 3.63) is 0 Å². The monoisotopic (exact) mass is 199 g/mol. The van der Waals surface area contributed by atoms with Crippen LogP contribution in [0.1, 0.15) is 39.0 Å². The van der Waals surface area contributed by atoms with E-state index in [9.17, 15) is 9.90 Å². The van der Waals surface area contributed by atoms with Crippen LogP contribution in [0.15, 0.2) is 0 Å². The molecule has 1 aliphatic rings. The minimum absolute atomic E-state index is 0.118. The van der Waals surface area contributed by atoms with Crippen LogP contribution in [0, 0.1) is 11.8 Å². The number of amides is 1. The van der Waals surface area contributed by atoms with Crippen molar-refractivity contribution in [1.29, 1.82) is 0 Å². The summed E-state index contributed by atoms with van der Waals surface area (Å²) < 4.78 is 0. The third kappa shape index (κ3) is 3.29. The Morgan fingerprint density at radius 3 is 2.57 bits per heavy atom. The summed E-state index contributed by atoms with van der Waals surface area (Å²) in [5.41, 5.74) is 0. The predicted octanol–water partition coefficient (Wildman–Crippen LogP) is 1.31. The number of nitrogens with one attached hydrogen (secondary N) is 1. The zero-order valence-electron chi connectivity index (χ0n) is 8.96. The maximum Gasteiger partial charge on any atom is 0.219 e. The van der Waals surface area contributed by atoms with Crippen LogP contribution >= 0.6 is 0 Å². The highest BCUT2D eigenvalue weighted by Crippen LogP contribution is 2.28. The number of aliphatic hydroxyl groups is 1. The van der Waals surface area contributed by atoms with Gasteiger partial charge in [0.05, 0.1) is 0 Å². The van der Waals surface area contributed by atoms with Crippen LogP contribution in [0.2, 0.25) is 0 Å². The molecule has 0 aromatic carbocycles. The SMILES string of the molecule is CCC(=O)NCC1CCCCC1CO. The van der Waals surface area contributed by atoms with Gasteiger partial charge in [0.15, 0.2) is 0 Å². The van der Waals surface area contributed by atoms with Gasteiger partial charge in [-0.05, 0) is 24.7 Å². The first-order chi connectivity index (χ1) is 6.77. The van der Waals surface area contributed by atoms with Gasteiger partial charge in [-0.15, -0.1) is 0 Å². The lowest BCUT2D eigenvalue weighted by Gasteiger charge is -2.30. The molecule has 0 radical (unpaired) electrons. The molecule has 0 aliphatic heterocycles. The van der Waals surface area contributed by atoms with Crippen molar-refractivity contribution in [2.45, 2.75) is 39.0 Å². The largest absolute Gasteiger partial charge is 0.396 e. The Bertz CT molecular complexity index is 182. The van der Waals surface area contributed by atoms with Crippen LogP contribution in [0.3, 0.4) is 0 Å². The maximum absolute atomic E-state index is 11.1. The average molecular weight is 199 g/mol. The molecule has 0 aromatic rings. The van der Waals surface area contributed by atoms with Gasteiger partial charge in [-0.1, -0.05) is 19.8 Å². The predicted molar refractivity (Wildman–Crippen MR) is 55.8 cm³/mol. The van der Waals surface area contributed by atoms with Crippen LogP contribution in [-0.4, -0.2) is 24.2 Å². The highest BCUT2D eigenvalue weighted by Gasteiger charge is 2.24. The highest BCUT2D eigenvalue weighted by molar-refractivity contribution is 5.75. The summed E-state index contributed by atoms with van der Waals surface area (Å²) in [6.45, 7) is 2.88. The summed E-state index contributed by atoms with van der Waals surface area (Å²) >= 11 is 0. The lowest BCUT2D eigenvalue weighted by atomic mass is 9.79. The van der Waals surface area contributed by atoms with Crippen molar-refractivity contribution in [3.63, 3.8) is 0 Å². The van der Waals surface area contributed by atoms with Gasteiger partial charge in [-0.25, -0.2) is 0 Å². The molecule has 0 spiro atoms. The fraction of sp³-hybridized carbons (Fsp3) is 0.909. The average Bonchev–Trinajstić information content (AvgIpc) is 2.26. The van der Waals surface area contributed by atoms with Crippen LogP contribution < -0.4 is 5.32 Å². The second-order valence-corrected chi connectivity index (χ2v) is 4.14. The first-order valence-corrected chi connectivity index (χ1v) is 5.65. The number of aliphatic hydroxyl groups excluding tert-OH is 1. The molecule has 2 unspecified atom stereocenters. The third-order valence-electron chi connectivity index (χ3n) is 3.18. The summed E-state index contributed by atoms with van der Waals surface area (Å²) in [6.07, 6.45) is 5.28. The lowest BCUT2D eigenvalue weighted by Crippen LogP contribution is -2.35. The van der Waals surface area contributed by atoms with Gasteiger partial charge in [0, 0.05) is 19.6 Å². The Kier molecular flexibility index (Phi) is 4.94. The quantitative estimate of drug-likeness (QED) is 0.717. The summed E-state index contributed by atoms with van der Waals surface area (Å²) in [5, 5.41) is 12.1. The van der Waals surface area contributed by atoms with E-state index < -0.39 is 0 Å². The van der Waals surface area contributed by atoms with Crippen LogP contribution in [0.25, 0.3) is 0 Å². The molecule has 3 heteroatoms. The molecular formula is C11H21NO2. The van der Waals surface area contributed by atoms with Gasteiger partial charge in [0.25, 0.3) is 0 Å². The van der Waals surface area contributed by atoms with Crippen molar-refractivity contribution < 1.29 is 9.90 Å². The Labute approximate surface area is 85.9 Å². The number of rotatable bonds is 4. The molecule has 1 aliphatic carbocycles. The fourth-order valence-corrected chi connectivity index (χ4v) is 2.16. The van der Waals surface area contributed by atoms with E-state index in [1.807, 2.05) is 6.92 Å². The van der Waals surface area contributed by atoms with E-state index in [0.29, 0.717) is 18.3 Å². The second-order valence-electron chi connectivity index (χ2n) is 4.14. The van der Waals surface area contributed by atoms with E-state index >= 15 is 0 Å². The molecule has 0 heterocycles. The molecule has 1 fully saturated rings. The third-order valence-corrected chi connectivity index (χ3v) is 3.18. The van der Waals surface area contributed by atoms with Crippen LogP contribution in [-0.2, 0) is 4.79 Å². The van der Waals surface area contributed by atoms with Gasteiger partial charge in [0.1, 0.15) is 0 Å². The summed E-state index contributed by atoms with van der Waals surface area (Å²) in [4.78, 5) is 11.1. The molecule has 0 aromatic heterocycles. The molecule has 0 bridgehead atoms. The van der Waals surface area contributed by atoms with E-state index in [0.717, 1.165) is 19.4 Å². The number of hydrogen-bond acceptors (Lipinski definition) is 2. The van der Waals surface area contributed by atoms with Gasteiger partial charge >= 0.3 is 0 Å². The molecule has 2 atom stereocenters. The Balaban J connectivity index is 2.29. The minimum atomic E-state index is 0.118. The summed E-state index contributed by atoms with van der Waals surface area (Å²) in [7, 11) is 0. The highest BCUT2D eigenvalue weighted by atomic mass is 16.3. The van der Waals surface area contributed by atoms with E-state index in [1.54, 1.807) is 0 Å². The zero-order chi connectivity index (χ0) is 10.4. The lowest BCUT2D eigenvalue weighted by molar-refractivity contribution is -0.121. The Morgan fingerprint density at radius 1 is 1.36 bits per heavy atom. The Morgan fingerprint density at radius 2 is 2.00 bits per heavy atom. The first kappa shape index (κ1) is 11.5. The molecule has 0 saturated heterocycles. The van der Waals surface area contributed by atoms with Gasteiger partial charge in [-0.3, -0.25) is 4.79 Å². The van der Waals surface area contributed by atoms with E-state index in [1.165, 1.54) is 12.8 Å². The normalized spacial score (nSPS) is 27.3. The smallest absolute Gasteiger partial charge is 0.219 e. The van der Waals surface area contributed by atoms with Crippen molar-refractivity contribution in [3.8, 4) is 0 Å². The number of carbonyl (C=O) groups is 1. The molecule has 1 saturated carbocycles. The van der Waals surface area contributed by atoms with Crippen molar-refractivity contribution >= 4 is 5.91 Å². The molecule has 14 heavy (non-hydrogen) atoms. The Hall–Kier alpha value is -0.570. The molecule has 1 amide bonds. The van der Waals surface area contributed by atoms with Crippen LogP contribution in [0.5, 0.6) is 0 Å². The molecule has 1 rings (SSSR count).